The zero-order valence-corrected chi connectivity index (χ0v) is 11.5. The molecule has 0 saturated carbocycles. The number of aliphatic hydroxyl groups is 1. The lowest BCUT2D eigenvalue weighted by molar-refractivity contribution is 0.179. The van der Waals surface area contributed by atoms with Gasteiger partial charge >= 0.3 is 0 Å². The average molecular weight is 318 g/mol. The Balaban J connectivity index is 2.18. The first-order chi connectivity index (χ1) is 7.68. The summed E-state index contributed by atoms with van der Waals surface area (Å²) in [5.74, 6) is 0. The monoisotopic (exact) mass is 316 g/mol. The highest BCUT2D eigenvalue weighted by atomic mass is 79.9. The Morgan fingerprint density at radius 1 is 1.31 bits per heavy atom. The minimum Gasteiger partial charge on any atom is -0.388 e. The summed E-state index contributed by atoms with van der Waals surface area (Å²) in [6.45, 7) is 0. The van der Waals surface area contributed by atoms with E-state index in [0.717, 1.165) is 14.9 Å². The van der Waals surface area contributed by atoms with Crippen LogP contribution in [-0.4, -0.2) is 5.11 Å². The van der Waals surface area contributed by atoms with E-state index in [-0.39, 0.29) is 0 Å². The molecule has 0 spiro atoms. The topological polar surface area (TPSA) is 20.2 Å². The molecule has 1 aromatic heterocycles. The molecule has 16 heavy (non-hydrogen) atoms. The van der Waals surface area contributed by atoms with Crippen molar-refractivity contribution >= 4 is 38.9 Å². The molecular formula is C12H10BrClOS. The predicted octanol–water partition coefficient (Wildman–Crippen LogP) is 4.44. The van der Waals surface area contributed by atoms with Gasteiger partial charge in [0.1, 0.15) is 0 Å². The van der Waals surface area contributed by atoms with E-state index in [2.05, 4.69) is 15.9 Å². The van der Waals surface area contributed by atoms with Gasteiger partial charge in [-0.3, -0.25) is 0 Å². The van der Waals surface area contributed by atoms with Crippen LogP contribution in [0.25, 0.3) is 0 Å². The number of thiophene rings is 1. The summed E-state index contributed by atoms with van der Waals surface area (Å²) in [5, 5.41) is 12.7. The van der Waals surface area contributed by atoms with Crippen LogP contribution in [-0.2, 0) is 6.42 Å². The van der Waals surface area contributed by atoms with Gasteiger partial charge in [-0.05, 0) is 39.0 Å². The van der Waals surface area contributed by atoms with Gasteiger partial charge in [0.15, 0.2) is 0 Å². The van der Waals surface area contributed by atoms with E-state index in [0.29, 0.717) is 11.4 Å². The first-order valence-electron chi connectivity index (χ1n) is 4.83. The van der Waals surface area contributed by atoms with Crippen LogP contribution in [0.4, 0.5) is 0 Å². The average Bonchev–Trinajstić information content (AvgIpc) is 2.65. The third kappa shape index (κ3) is 2.66. The number of hydrogen-bond donors (Lipinski definition) is 1. The summed E-state index contributed by atoms with van der Waals surface area (Å²) in [5.41, 5.74) is 0.782. The minimum atomic E-state index is -0.552. The third-order valence-corrected chi connectivity index (χ3v) is 4.63. The Hall–Kier alpha value is -0.350. The summed E-state index contributed by atoms with van der Waals surface area (Å²) in [6.07, 6.45) is 0.0331. The molecule has 4 heteroatoms. The van der Waals surface area contributed by atoms with Gasteiger partial charge in [0.05, 0.1) is 6.10 Å². The van der Waals surface area contributed by atoms with Crippen molar-refractivity contribution in [3.05, 3.63) is 55.6 Å². The Morgan fingerprint density at radius 2 is 2.06 bits per heavy atom. The van der Waals surface area contributed by atoms with E-state index in [1.165, 1.54) is 0 Å². The number of halogens is 2. The van der Waals surface area contributed by atoms with Crippen LogP contribution in [0.5, 0.6) is 0 Å². The second-order valence-electron chi connectivity index (χ2n) is 3.43. The zero-order valence-electron chi connectivity index (χ0n) is 8.36. The number of aliphatic hydroxyl groups excluding tert-OH is 1. The summed E-state index contributed by atoms with van der Waals surface area (Å²) in [7, 11) is 0. The number of rotatable bonds is 3. The van der Waals surface area contributed by atoms with Gasteiger partial charge in [0.25, 0.3) is 0 Å². The van der Waals surface area contributed by atoms with Crippen molar-refractivity contribution in [3.63, 3.8) is 0 Å². The van der Waals surface area contributed by atoms with Crippen molar-refractivity contribution in [2.75, 3.05) is 0 Å². The lowest BCUT2D eigenvalue weighted by atomic mass is 10.1. The van der Waals surface area contributed by atoms with Crippen LogP contribution in [0.2, 0.25) is 5.02 Å². The lowest BCUT2D eigenvalue weighted by Crippen LogP contribution is -2.01. The van der Waals surface area contributed by atoms with Crippen LogP contribution >= 0.6 is 38.9 Å². The van der Waals surface area contributed by atoms with Crippen molar-refractivity contribution in [2.24, 2.45) is 0 Å². The second kappa shape index (κ2) is 5.32. The molecule has 0 fully saturated rings. The molecule has 0 aliphatic rings. The molecule has 1 N–H and O–H groups in total. The standard InChI is InChI=1S/C12H10BrClOS/c13-9-5-6-16-12(9)7-11(15)8-3-1-2-4-10(8)14/h1-6,11,15H,7H2. The van der Waals surface area contributed by atoms with Crippen LogP contribution in [0.3, 0.4) is 0 Å². The van der Waals surface area contributed by atoms with Gasteiger partial charge in [0.2, 0.25) is 0 Å². The van der Waals surface area contributed by atoms with Gasteiger partial charge in [-0.25, -0.2) is 0 Å². The highest BCUT2D eigenvalue weighted by molar-refractivity contribution is 9.10. The van der Waals surface area contributed by atoms with E-state index in [9.17, 15) is 5.11 Å². The Kier molecular flexibility index (Phi) is 4.03. The smallest absolute Gasteiger partial charge is 0.0853 e. The van der Waals surface area contributed by atoms with Crippen molar-refractivity contribution in [1.82, 2.24) is 0 Å². The summed E-state index contributed by atoms with van der Waals surface area (Å²) in [4.78, 5) is 1.13. The SMILES string of the molecule is OC(Cc1sccc1Br)c1ccccc1Cl. The molecule has 0 amide bonds. The fourth-order valence-electron chi connectivity index (χ4n) is 1.50. The normalized spacial score (nSPS) is 12.7. The molecule has 0 aliphatic carbocycles. The molecule has 0 aliphatic heterocycles. The second-order valence-corrected chi connectivity index (χ2v) is 5.70. The van der Waals surface area contributed by atoms with Crippen molar-refractivity contribution < 1.29 is 5.11 Å². The highest BCUT2D eigenvalue weighted by Crippen LogP contribution is 2.30. The molecule has 0 bridgehead atoms. The van der Waals surface area contributed by atoms with Crippen LogP contribution in [0.1, 0.15) is 16.5 Å². The molecular weight excluding hydrogens is 308 g/mol. The quantitative estimate of drug-likeness (QED) is 0.887. The maximum atomic E-state index is 10.1. The van der Waals surface area contributed by atoms with E-state index in [4.69, 9.17) is 11.6 Å². The fraction of sp³-hybridized carbons (Fsp3) is 0.167. The Bertz CT molecular complexity index is 483. The zero-order chi connectivity index (χ0) is 11.5. The highest BCUT2D eigenvalue weighted by Gasteiger charge is 2.13. The van der Waals surface area contributed by atoms with Gasteiger partial charge in [-0.2, -0.15) is 0 Å². The van der Waals surface area contributed by atoms with Crippen molar-refractivity contribution in [1.29, 1.82) is 0 Å². The lowest BCUT2D eigenvalue weighted by Gasteiger charge is -2.11. The fourth-order valence-corrected chi connectivity index (χ4v) is 3.32. The Labute approximate surface area is 112 Å². The van der Waals surface area contributed by atoms with Gasteiger partial charge in [0, 0.05) is 20.8 Å². The molecule has 0 saturated heterocycles. The van der Waals surface area contributed by atoms with E-state index in [1.54, 1.807) is 17.4 Å². The number of benzene rings is 1. The largest absolute Gasteiger partial charge is 0.388 e. The first kappa shape index (κ1) is 12.1. The Morgan fingerprint density at radius 3 is 2.69 bits per heavy atom. The molecule has 0 radical (unpaired) electrons. The maximum absolute atomic E-state index is 10.1. The van der Waals surface area contributed by atoms with E-state index < -0.39 is 6.10 Å². The van der Waals surface area contributed by atoms with Gasteiger partial charge in [-0.15, -0.1) is 11.3 Å². The van der Waals surface area contributed by atoms with Crippen LogP contribution < -0.4 is 0 Å². The van der Waals surface area contributed by atoms with Crippen molar-refractivity contribution in [2.45, 2.75) is 12.5 Å². The molecule has 2 rings (SSSR count). The summed E-state index contributed by atoms with van der Waals surface area (Å²) < 4.78 is 1.05. The number of hydrogen-bond acceptors (Lipinski definition) is 2. The maximum Gasteiger partial charge on any atom is 0.0853 e. The molecule has 1 aromatic carbocycles. The van der Waals surface area contributed by atoms with E-state index >= 15 is 0 Å². The first-order valence-corrected chi connectivity index (χ1v) is 6.88. The van der Waals surface area contributed by atoms with Crippen LogP contribution in [0, 0.1) is 0 Å². The molecule has 1 nitrogen and oxygen atoms in total. The van der Waals surface area contributed by atoms with E-state index in [1.807, 2.05) is 29.6 Å². The predicted molar refractivity (Wildman–Crippen MR) is 72.1 cm³/mol. The summed E-state index contributed by atoms with van der Waals surface area (Å²) >= 11 is 11.1. The third-order valence-electron chi connectivity index (χ3n) is 2.33. The molecule has 1 atom stereocenters. The van der Waals surface area contributed by atoms with Crippen LogP contribution in [0.15, 0.2) is 40.2 Å². The summed E-state index contributed by atoms with van der Waals surface area (Å²) in [6, 6.07) is 9.38. The minimum absolute atomic E-state index is 0.552. The molecule has 1 unspecified atom stereocenters. The molecule has 2 aromatic rings. The van der Waals surface area contributed by atoms with Gasteiger partial charge < -0.3 is 5.11 Å². The van der Waals surface area contributed by atoms with Gasteiger partial charge in [-0.1, -0.05) is 29.8 Å². The molecule has 1 heterocycles. The van der Waals surface area contributed by atoms with Crippen molar-refractivity contribution in [3.8, 4) is 0 Å². The molecule has 84 valence electrons.